The first-order valence-corrected chi connectivity index (χ1v) is 23.1. The fourth-order valence-electron chi connectivity index (χ4n) is 7.87. The van der Waals surface area contributed by atoms with Crippen molar-refractivity contribution in [1.82, 2.24) is 25.5 Å². The lowest BCUT2D eigenvalue weighted by atomic mass is 10.0. The molecule has 2 aliphatic carbocycles. The number of alkyl carbamates (subject to hydrolysis) is 1. The number of benzene rings is 1. The van der Waals surface area contributed by atoms with E-state index in [1.54, 1.807) is 37.6 Å². The molecule has 2 aromatic heterocycles. The van der Waals surface area contributed by atoms with Crippen LogP contribution in [0.2, 0.25) is 0 Å². The van der Waals surface area contributed by atoms with E-state index in [0.717, 1.165) is 50.0 Å². The molecule has 3 amide bonds. The zero-order valence-electron chi connectivity index (χ0n) is 32.0. The zero-order chi connectivity index (χ0) is 39.6. The number of ether oxygens (including phenoxy) is 3. The van der Waals surface area contributed by atoms with Crippen LogP contribution < -0.4 is 20.1 Å². The number of rotatable bonds is 9. The number of nitrogens with one attached hydrogen (secondary N) is 2. The zero-order valence-corrected chi connectivity index (χ0v) is 33.7. The molecule has 16 heteroatoms. The molecule has 4 heterocycles. The fourth-order valence-corrected chi connectivity index (χ4v) is 8.93. The summed E-state index contributed by atoms with van der Waals surface area (Å²) in [5.74, 6) is -1.59. The van der Waals surface area contributed by atoms with Gasteiger partial charge in [0.2, 0.25) is 11.8 Å². The predicted molar refractivity (Wildman–Crippen MR) is 212 cm³/mol. The van der Waals surface area contributed by atoms with Crippen molar-refractivity contribution >= 4 is 53.3 Å². The highest BCUT2D eigenvalue weighted by Gasteiger charge is 2.61. The Morgan fingerprint density at radius 3 is 2.57 bits per heavy atom. The van der Waals surface area contributed by atoms with Crippen LogP contribution in [-0.4, -0.2) is 99.9 Å². The monoisotopic (exact) mass is 807 g/mol. The summed E-state index contributed by atoms with van der Waals surface area (Å²) in [6.45, 7) is 5.22. The van der Waals surface area contributed by atoms with Crippen molar-refractivity contribution in [3.63, 3.8) is 0 Å². The van der Waals surface area contributed by atoms with Crippen LogP contribution in [0.1, 0.15) is 75.6 Å². The molecule has 1 aromatic carbocycles. The number of pyridine rings is 1. The molecule has 3 aromatic rings. The molecule has 300 valence electrons. The summed E-state index contributed by atoms with van der Waals surface area (Å²) in [6, 6.07) is 5.07. The van der Waals surface area contributed by atoms with Gasteiger partial charge in [0.1, 0.15) is 54.8 Å². The number of aromatic nitrogens is 2. The number of fused-ring (bicyclic) bond motifs is 3. The van der Waals surface area contributed by atoms with Gasteiger partial charge in [-0.1, -0.05) is 25.0 Å². The predicted octanol–water partition coefficient (Wildman–Crippen LogP) is 6.49. The Kier molecular flexibility index (Phi) is 11.7. The molecule has 2 saturated carbocycles. The van der Waals surface area contributed by atoms with E-state index in [9.17, 15) is 28.8 Å². The lowest BCUT2D eigenvalue weighted by Gasteiger charge is -2.29. The molecule has 14 nitrogen and oxygen atoms in total. The number of hydrogen-bond donors (Lipinski definition) is 3. The number of carboxylic acids is 1. The van der Waals surface area contributed by atoms with E-state index >= 15 is 0 Å². The number of aryl methyl sites for hydroxylation is 1. The normalized spacial score (nSPS) is 26.7. The van der Waals surface area contributed by atoms with E-state index in [0.29, 0.717) is 46.6 Å². The maximum Gasteiger partial charge on any atom is 0.408 e. The van der Waals surface area contributed by atoms with Crippen molar-refractivity contribution in [2.75, 3.05) is 26.2 Å². The van der Waals surface area contributed by atoms with Gasteiger partial charge in [-0.05, 0) is 83.8 Å². The van der Waals surface area contributed by atoms with Crippen LogP contribution in [0.4, 0.5) is 4.79 Å². The van der Waals surface area contributed by atoms with Gasteiger partial charge < -0.3 is 39.4 Å². The SMILES string of the molecule is Cc1nc(-c2cc(OC3CC4C(=O)NC5(C(=O)O)CC5/C=C\CCCCCC(NC(=O)OC5CCCC5)C(=O)N4C3)c3ccc(OCP(C)(C)=O)cc3n2)cs1. The molecule has 7 rings (SSSR count). The van der Waals surface area contributed by atoms with Crippen LogP contribution in [0.15, 0.2) is 41.8 Å². The Bertz CT molecular complexity index is 2060. The lowest BCUT2D eigenvalue weighted by molar-refractivity contribution is -0.145. The highest BCUT2D eigenvalue weighted by atomic mass is 32.1. The Morgan fingerprint density at radius 2 is 1.84 bits per heavy atom. The van der Waals surface area contributed by atoms with E-state index in [1.807, 2.05) is 24.5 Å². The van der Waals surface area contributed by atoms with Crippen LogP contribution in [0.3, 0.4) is 0 Å². The van der Waals surface area contributed by atoms with Crippen LogP contribution in [0, 0.1) is 12.8 Å². The third-order valence-electron chi connectivity index (χ3n) is 10.9. The number of carbonyl (C=O) groups is 4. The van der Waals surface area contributed by atoms with Crippen molar-refractivity contribution in [3.8, 4) is 22.9 Å². The Labute approximate surface area is 330 Å². The number of carboxylic acid groups (broad SMARTS) is 1. The molecule has 5 atom stereocenters. The number of thiazole rings is 1. The van der Waals surface area contributed by atoms with Gasteiger partial charge in [-0.3, -0.25) is 9.59 Å². The molecule has 2 aliphatic heterocycles. The molecule has 4 aliphatic rings. The van der Waals surface area contributed by atoms with Crippen molar-refractivity contribution in [1.29, 1.82) is 0 Å². The first kappa shape index (κ1) is 39.7. The van der Waals surface area contributed by atoms with E-state index < -0.39 is 54.7 Å². The Balaban J connectivity index is 1.20. The summed E-state index contributed by atoms with van der Waals surface area (Å²) in [5.41, 5.74) is 0.283. The molecule has 0 bridgehead atoms. The molecule has 0 radical (unpaired) electrons. The minimum absolute atomic E-state index is 0.00855. The van der Waals surface area contributed by atoms with Crippen LogP contribution in [-0.2, 0) is 23.7 Å². The molecule has 3 N–H and O–H groups in total. The minimum Gasteiger partial charge on any atom is -0.488 e. The van der Waals surface area contributed by atoms with Crippen molar-refractivity contribution < 1.29 is 43.1 Å². The second-order valence-corrected chi connectivity index (χ2v) is 20.4. The van der Waals surface area contributed by atoms with Gasteiger partial charge >= 0.3 is 12.1 Å². The second kappa shape index (κ2) is 16.5. The molecule has 5 unspecified atom stereocenters. The maximum absolute atomic E-state index is 14.6. The molecule has 3 fully saturated rings. The molecule has 56 heavy (non-hydrogen) atoms. The largest absolute Gasteiger partial charge is 0.488 e. The summed E-state index contributed by atoms with van der Waals surface area (Å²) in [7, 11) is -2.46. The van der Waals surface area contributed by atoms with Gasteiger partial charge in [0.25, 0.3) is 0 Å². The van der Waals surface area contributed by atoms with E-state index in [-0.39, 0.29) is 37.8 Å². The van der Waals surface area contributed by atoms with Crippen LogP contribution >= 0.6 is 18.5 Å². The van der Waals surface area contributed by atoms with Crippen molar-refractivity contribution in [2.24, 2.45) is 5.92 Å². The number of nitrogens with zero attached hydrogens (tertiary/aromatic N) is 3. The maximum atomic E-state index is 14.6. The first-order valence-electron chi connectivity index (χ1n) is 19.5. The molecule has 1 saturated heterocycles. The molecular weight excluding hydrogens is 758 g/mol. The minimum atomic E-state index is -2.46. The van der Waals surface area contributed by atoms with Crippen LogP contribution in [0.5, 0.6) is 11.5 Å². The first-order chi connectivity index (χ1) is 26.8. The second-order valence-electron chi connectivity index (χ2n) is 15.9. The quantitative estimate of drug-likeness (QED) is 0.159. The Hall–Kier alpha value is -4.49. The summed E-state index contributed by atoms with van der Waals surface area (Å²) in [5, 5.41) is 19.3. The smallest absolute Gasteiger partial charge is 0.408 e. The number of allylic oxidation sites excluding steroid dienone is 1. The summed E-state index contributed by atoms with van der Waals surface area (Å²) < 4.78 is 30.6. The Morgan fingerprint density at radius 1 is 1.05 bits per heavy atom. The summed E-state index contributed by atoms with van der Waals surface area (Å²) in [6.07, 6.45) is 9.58. The summed E-state index contributed by atoms with van der Waals surface area (Å²) in [4.78, 5) is 65.4. The lowest BCUT2D eigenvalue weighted by Crippen LogP contribution is -2.56. The van der Waals surface area contributed by atoms with Crippen LogP contribution in [0.25, 0.3) is 22.3 Å². The third kappa shape index (κ3) is 9.20. The van der Waals surface area contributed by atoms with Gasteiger partial charge in [0.15, 0.2) is 0 Å². The summed E-state index contributed by atoms with van der Waals surface area (Å²) >= 11 is 1.48. The van der Waals surface area contributed by atoms with E-state index in [2.05, 4.69) is 15.6 Å². The van der Waals surface area contributed by atoms with Gasteiger partial charge in [-0.2, -0.15) is 0 Å². The van der Waals surface area contributed by atoms with Gasteiger partial charge in [0.05, 0.1) is 28.5 Å². The van der Waals surface area contributed by atoms with Crippen molar-refractivity contribution in [3.05, 3.63) is 46.8 Å². The average Bonchev–Trinajstić information content (AvgIpc) is 3.56. The molecule has 0 spiro atoms. The van der Waals surface area contributed by atoms with Gasteiger partial charge in [-0.15, -0.1) is 11.3 Å². The van der Waals surface area contributed by atoms with Gasteiger partial charge in [0, 0.05) is 35.2 Å². The highest BCUT2D eigenvalue weighted by Crippen LogP contribution is 2.46. The highest BCUT2D eigenvalue weighted by molar-refractivity contribution is 7.62. The third-order valence-corrected chi connectivity index (χ3v) is 12.5. The molecular formula is C40H50N5O9PS. The van der Waals surface area contributed by atoms with E-state index in [1.165, 1.54) is 16.2 Å². The number of carbonyl (C=O) groups excluding carboxylic acids is 3. The number of hydrogen-bond acceptors (Lipinski definition) is 11. The number of aliphatic carboxylic acids is 1. The standard InChI is InChI=1S/C40H50N5O9PS/c1-24-41-33(22-56-24)32-19-35(29-16-15-27(17-31(29)42-32)52-23-55(2,3)51)53-28-18-34-36(46)44-40(38(48)49)20-25(40)11-7-5-4-6-8-14-30(37(47)45(34)21-28)43-39(50)54-26-12-9-10-13-26/h7,11,15-17,19,22,25-26,28,30,34H,4-6,8-10,12-14,18,20-21,23H2,1-3H3,(H,43,50)(H,44,46)(H,48,49)/b11-7-. The van der Waals surface area contributed by atoms with Crippen molar-refractivity contribution in [2.45, 2.75) is 107 Å². The number of amides is 3. The topological polar surface area (TPSA) is 186 Å². The fraction of sp³-hybridized carbons (Fsp3) is 0.550. The van der Waals surface area contributed by atoms with Gasteiger partial charge in [-0.25, -0.2) is 19.6 Å². The average molecular weight is 808 g/mol. The van der Waals surface area contributed by atoms with E-state index in [4.69, 9.17) is 19.2 Å².